The lowest BCUT2D eigenvalue weighted by molar-refractivity contribution is -0.140. The summed E-state index contributed by atoms with van der Waals surface area (Å²) in [5, 5.41) is 0.425. The molecule has 1 aromatic carbocycles. The van der Waals surface area contributed by atoms with E-state index in [1.54, 1.807) is 0 Å². The zero-order chi connectivity index (χ0) is 17.3. The predicted octanol–water partition coefficient (Wildman–Crippen LogP) is 3.28. The first-order valence-corrected chi connectivity index (χ1v) is 9.09. The van der Waals surface area contributed by atoms with E-state index in [0.717, 1.165) is 32.5 Å². The highest BCUT2D eigenvalue weighted by Gasteiger charge is 2.33. The van der Waals surface area contributed by atoms with Gasteiger partial charge in [0.15, 0.2) is 0 Å². The molecule has 2 aliphatic rings. The molecule has 132 valence electrons. The Hall–Kier alpha value is -1.33. The van der Waals surface area contributed by atoms with Crippen molar-refractivity contribution >= 4 is 23.2 Å². The fraction of sp³-hybridized carbons (Fsp3) is 0.611. The Labute approximate surface area is 147 Å². The smallest absolute Gasteiger partial charge is 0.226 e. The van der Waals surface area contributed by atoms with Crippen LogP contribution in [0, 0.1) is 11.7 Å². The van der Waals surface area contributed by atoms with Gasteiger partial charge in [0.2, 0.25) is 5.91 Å². The Bertz CT molecular complexity index is 619. The third-order valence-electron chi connectivity index (χ3n) is 5.23. The number of hydrogen-bond acceptors (Lipinski definition) is 3. The maximum Gasteiger partial charge on any atom is 0.226 e. The van der Waals surface area contributed by atoms with Gasteiger partial charge in [-0.05, 0) is 37.5 Å². The molecule has 1 aliphatic heterocycles. The van der Waals surface area contributed by atoms with E-state index in [4.69, 9.17) is 17.3 Å². The monoisotopic (exact) mass is 353 g/mol. The number of nitrogen functional groups attached to an aromatic ring is 1. The van der Waals surface area contributed by atoms with Gasteiger partial charge < -0.3 is 10.6 Å². The third-order valence-corrected chi connectivity index (χ3v) is 5.69. The van der Waals surface area contributed by atoms with Gasteiger partial charge in [0.05, 0.1) is 10.7 Å². The van der Waals surface area contributed by atoms with Gasteiger partial charge in [-0.25, -0.2) is 4.39 Å². The Kier molecular flexibility index (Phi) is 5.30. The summed E-state index contributed by atoms with van der Waals surface area (Å²) in [7, 11) is 0. The van der Waals surface area contributed by atoms with Crippen LogP contribution in [0.25, 0.3) is 0 Å². The van der Waals surface area contributed by atoms with Crippen LogP contribution in [0.2, 0.25) is 5.02 Å². The van der Waals surface area contributed by atoms with Gasteiger partial charge in [-0.15, -0.1) is 0 Å². The zero-order valence-corrected chi connectivity index (χ0v) is 14.9. The maximum atomic E-state index is 13.6. The molecule has 0 spiro atoms. The van der Waals surface area contributed by atoms with Crippen LogP contribution in [0.1, 0.15) is 38.2 Å². The van der Waals surface area contributed by atoms with Gasteiger partial charge in [-0.2, -0.15) is 0 Å². The third kappa shape index (κ3) is 3.67. The van der Waals surface area contributed by atoms with E-state index in [1.165, 1.54) is 25.0 Å². The number of amides is 1. The number of carbonyl (C=O) groups excluding carboxylic acids is 1. The molecule has 1 heterocycles. The van der Waals surface area contributed by atoms with Crippen molar-refractivity contribution in [2.75, 3.05) is 25.4 Å². The molecule has 0 unspecified atom stereocenters. The highest BCUT2D eigenvalue weighted by atomic mass is 35.5. The molecule has 2 fully saturated rings. The number of nitrogens with two attached hydrogens (primary N) is 1. The number of rotatable bonds is 3. The molecule has 1 atom stereocenters. The summed E-state index contributed by atoms with van der Waals surface area (Å²) in [6, 6.07) is 2.85. The van der Waals surface area contributed by atoms with Gasteiger partial charge in [-0.3, -0.25) is 9.69 Å². The maximum absolute atomic E-state index is 13.6. The number of carbonyl (C=O) groups is 1. The molecular formula is C18H25ClFN3O. The van der Waals surface area contributed by atoms with Crippen molar-refractivity contribution < 1.29 is 9.18 Å². The number of hydrogen-bond donors (Lipinski definition) is 1. The van der Waals surface area contributed by atoms with E-state index >= 15 is 0 Å². The quantitative estimate of drug-likeness (QED) is 0.848. The minimum atomic E-state index is -0.366. The number of nitrogens with zero attached hydrogens (tertiary/aromatic N) is 2. The first-order valence-electron chi connectivity index (χ1n) is 8.72. The molecule has 0 aromatic heterocycles. The van der Waals surface area contributed by atoms with Crippen LogP contribution in [0.3, 0.4) is 0 Å². The summed E-state index contributed by atoms with van der Waals surface area (Å²) in [4.78, 5) is 16.9. The van der Waals surface area contributed by atoms with E-state index in [9.17, 15) is 9.18 Å². The van der Waals surface area contributed by atoms with E-state index in [-0.39, 0.29) is 23.5 Å². The SMILES string of the molecule is C[C@H]1CN(Cc2cc(F)cc(N)c2Cl)CCN1C(=O)C1CCCC1. The van der Waals surface area contributed by atoms with Crippen molar-refractivity contribution in [2.45, 2.75) is 45.2 Å². The lowest BCUT2D eigenvalue weighted by Gasteiger charge is -2.41. The normalized spacial score (nSPS) is 23.0. The second-order valence-electron chi connectivity index (χ2n) is 7.07. The summed E-state index contributed by atoms with van der Waals surface area (Å²) in [5.74, 6) is 0.166. The number of anilines is 1. The van der Waals surface area contributed by atoms with E-state index in [2.05, 4.69) is 11.8 Å². The highest BCUT2D eigenvalue weighted by Crippen LogP contribution is 2.29. The van der Waals surface area contributed by atoms with Gasteiger partial charge in [0.1, 0.15) is 5.82 Å². The molecule has 6 heteroatoms. The molecule has 1 aliphatic carbocycles. The van der Waals surface area contributed by atoms with Crippen molar-refractivity contribution in [2.24, 2.45) is 5.92 Å². The molecule has 24 heavy (non-hydrogen) atoms. The molecule has 4 nitrogen and oxygen atoms in total. The predicted molar refractivity (Wildman–Crippen MR) is 94.2 cm³/mol. The standard InChI is InChI=1S/C18H25ClFN3O/c1-12-10-22(11-14-8-15(20)9-16(21)17(14)19)6-7-23(12)18(24)13-4-2-3-5-13/h8-9,12-13H,2-7,10-11,21H2,1H3/t12-/m0/s1. The van der Waals surface area contributed by atoms with Gasteiger partial charge in [0, 0.05) is 38.1 Å². The summed E-state index contributed by atoms with van der Waals surface area (Å²) in [6.07, 6.45) is 4.41. The van der Waals surface area contributed by atoms with Gasteiger partial charge in [0.25, 0.3) is 0 Å². The topological polar surface area (TPSA) is 49.6 Å². The minimum Gasteiger partial charge on any atom is -0.397 e. The Morgan fingerprint density at radius 2 is 2.04 bits per heavy atom. The van der Waals surface area contributed by atoms with Gasteiger partial charge in [-0.1, -0.05) is 24.4 Å². The molecule has 1 saturated heterocycles. The van der Waals surface area contributed by atoms with Crippen molar-refractivity contribution in [1.82, 2.24) is 9.80 Å². The highest BCUT2D eigenvalue weighted by molar-refractivity contribution is 6.33. The fourth-order valence-electron chi connectivity index (χ4n) is 3.94. The van der Waals surface area contributed by atoms with Crippen molar-refractivity contribution in [3.8, 4) is 0 Å². The average Bonchev–Trinajstić information content (AvgIpc) is 3.06. The van der Waals surface area contributed by atoms with E-state index in [0.29, 0.717) is 23.0 Å². The average molecular weight is 354 g/mol. The summed E-state index contributed by atoms with van der Waals surface area (Å²) >= 11 is 6.20. The molecule has 0 bridgehead atoms. The van der Waals surface area contributed by atoms with Crippen LogP contribution in [-0.2, 0) is 11.3 Å². The summed E-state index contributed by atoms with van der Waals surface area (Å²) in [6.45, 7) is 4.90. The van der Waals surface area contributed by atoms with Crippen LogP contribution < -0.4 is 5.73 Å². The zero-order valence-electron chi connectivity index (χ0n) is 14.1. The molecule has 1 amide bonds. The first kappa shape index (κ1) is 17.5. The fourth-order valence-corrected chi connectivity index (χ4v) is 4.10. The van der Waals surface area contributed by atoms with Crippen LogP contribution in [0.5, 0.6) is 0 Å². The lowest BCUT2D eigenvalue weighted by Crippen LogP contribution is -2.54. The molecular weight excluding hydrogens is 329 g/mol. The second kappa shape index (κ2) is 7.28. The molecule has 1 saturated carbocycles. The van der Waals surface area contributed by atoms with Crippen molar-refractivity contribution in [1.29, 1.82) is 0 Å². The molecule has 1 aromatic rings. The molecule has 3 rings (SSSR count). The molecule has 2 N–H and O–H groups in total. The van der Waals surface area contributed by atoms with Gasteiger partial charge >= 0.3 is 0 Å². The Morgan fingerprint density at radius 1 is 1.33 bits per heavy atom. The lowest BCUT2D eigenvalue weighted by atomic mass is 10.0. The van der Waals surface area contributed by atoms with Crippen molar-refractivity contribution in [3.63, 3.8) is 0 Å². The first-order chi connectivity index (χ1) is 11.5. The minimum absolute atomic E-state index is 0.163. The molecule has 0 radical (unpaired) electrons. The number of halogens is 2. The summed E-state index contributed by atoms with van der Waals surface area (Å²) in [5.41, 5.74) is 6.72. The Balaban J connectivity index is 1.62. The number of benzene rings is 1. The van der Waals surface area contributed by atoms with Crippen molar-refractivity contribution in [3.05, 3.63) is 28.5 Å². The van der Waals surface area contributed by atoms with Crippen LogP contribution in [0.4, 0.5) is 10.1 Å². The van der Waals surface area contributed by atoms with Crippen LogP contribution >= 0.6 is 11.6 Å². The van der Waals surface area contributed by atoms with Crippen LogP contribution in [0.15, 0.2) is 12.1 Å². The van der Waals surface area contributed by atoms with E-state index in [1.807, 2.05) is 4.90 Å². The van der Waals surface area contributed by atoms with Crippen LogP contribution in [-0.4, -0.2) is 41.4 Å². The van der Waals surface area contributed by atoms with E-state index < -0.39 is 0 Å². The number of piperazine rings is 1. The second-order valence-corrected chi connectivity index (χ2v) is 7.44. The Morgan fingerprint density at radius 3 is 2.71 bits per heavy atom. The summed E-state index contributed by atoms with van der Waals surface area (Å²) < 4.78 is 13.6. The largest absolute Gasteiger partial charge is 0.397 e.